The van der Waals surface area contributed by atoms with Crippen molar-refractivity contribution in [3.63, 3.8) is 0 Å². The van der Waals surface area contributed by atoms with Gasteiger partial charge in [-0.05, 0) is 38.8 Å². The molecule has 0 N–H and O–H groups in total. The number of nitro benzene ring substituents is 1. The number of carbonyl (C=O) groups is 1. The highest BCUT2D eigenvalue weighted by atomic mass is 16.6. The molecule has 0 heterocycles. The van der Waals surface area contributed by atoms with Crippen LogP contribution in [0.25, 0.3) is 0 Å². The van der Waals surface area contributed by atoms with Crippen LogP contribution in [-0.2, 0) is 4.74 Å². The molecule has 0 spiro atoms. The second-order valence-electron chi connectivity index (χ2n) is 5.44. The molecule has 0 bridgehead atoms. The van der Waals surface area contributed by atoms with E-state index in [1.165, 1.54) is 24.6 Å². The fourth-order valence-electron chi connectivity index (χ4n) is 2.24. The summed E-state index contributed by atoms with van der Waals surface area (Å²) in [5.74, 6) is -0.388. The van der Waals surface area contributed by atoms with Gasteiger partial charge in [0.2, 0.25) is 0 Å². The van der Waals surface area contributed by atoms with Crippen LogP contribution in [-0.4, -0.2) is 23.6 Å². The predicted molar refractivity (Wildman–Crippen MR) is 87.9 cm³/mol. The Kier molecular flexibility index (Phi) is 8.08. The first-order chi connectivity index (χ1) is 11.0. The zero-order chi connectivity index (χ0) is 17.2. The van der Waals surface area contributed by atoms with Crippen molar-refractivity contribution >= 4 is 11.7 Å². The van der Waals surface area contributed by atoms with Crippen molar-refractivity contribution in [3.05, 3.63) is 33.9 Å². The van der Waals surface area contributed by atoms with Gasteiger partial charge in [0.1, 0.15) is 0 Å². The van der Waals surface area contributed by atoms with Gasteiger partial charge >= 0.3 is 11.7 Å². The number of hydrogen-bond acceptors (Lipinski definition) is 5. The van der Waals surface area contributed by atoms with Crippen molar-refractivity contribution in [3.8, 4) is 5.75 Å². The molecule has 1 rings (SSSR count). The summed E-state index contributed by atoms with van der Waals surface area (Å²) in [6, 6.07) is 4.16. The molecular weight excluding hydrogens is 298 g/mol. The average Bonchev–Trinajstić information content (AvgIpc) is 2.52. The molecule has 0 amide bonds. The van der Waals surface area contributed by atoms with Crippen LogP contribution in [0.15, 0.2) is 18.2 Å². The van der Waals surface area contributed by atoms with E-state index < -0.39 is 10.9 Å². The van der Waals surface area contributed by atoms with Crippen molar-refractivity contribution < 1.29 is 19.2 Å². The second-order valence-corrected chi connectivity index (χ2v) is 5.44. The largest absolute Gasteiger partial charge is 0.484 e. The van der Waals surface area contributed by atoms with E-state index in [1.807, 2.05) is 6.92 Å². The van der Waals surface area contributed by atoms with Gasteiger partial charge in [-0.25, -0.2) is 4.79 Å². The number of carbonyl (C=O) groups excluding carboxylic acids is 1. The number of hydrogen-bond donors (Lipinski definition) is 0. The molecule has 0 aliphatic rings. The summed E-state index contributed by atoms with van der Waals surface area (Å²) in [6.45, 7) is 5.95. The third-order valence-electron chi connectivity index (χ3n) is 3.46. The smallest absolute Gasteiger partial charge is 0.338 e. The molecule has 0 aliphatic heterocycles. The van der Waals surface area contributed by atoms with E-state index in [4.69, 9.17) is 9.47 Å². The molecule has 128 valence electrons. The Bertz CT molecular complexity index is 530. The van der Waals surface area contributed by atoms with Gasteiger partial charge in [-0.2, -0.15) is 0 Å². The average molecular weight is 323 g/mol. The van der Waals surface area contributed by atoms with Gasteiger partial charge in [0.25, 0.3) is 0 Å². The highest BCUT2D eigenvalue weighted by Gasteiger charge is 2.20. The Balaban J connectivity index is 2.77. The number of nitro groups is 1. The minimum atomic E-state index is -0.574. The minimum absolute atomic E-state index is 0.112. The summed E-state index contributed by atoms with van der Waals surface area (Å²) in [7, 11) is 0. The summed E-state index contributed by atoms with van der Waals surface area (Å²) in [5.41, 5.74) is -0.0579. The van der Waals surface area contributed by atoms with Gasteiger partial charge in [0.15, 0.2) is 5.75 Å². The minimum Gasteiger partial charge on any atom is -0.484 e. The lowest BCUT2D eigenvalue weighted by Gasteiger charge is -2.15. The van der Waals surface area contributed by atoms with Crippen molar-refractivity contribution in [1.82, 2.24) is 0 Å². The molecular formula is C17H25NO5. The third-order valence-corrected chi connectivity index (χ3v) is 3.46. The maximum Gasteiger partial charge on any atom is 0.338 e. The highest BCUT2D eigenvalue weighted by Crippen LogP contribution is 2.29. The molecule has 6 heteroatoms. The number of nitrogens with zero attached hydrogens (tertiary/aromatic N) is 1. The van der Waals surface area contributed by atoms with E-state index in [0.29, 0.717) is 0 Å². The van der Waals surface area contributed by atoms with Crippen LogP contribution < -0.4 is 4.74 Å². The number of ether oxygens (including phenoxy) is 2. The first-order valence-electron chi connectivity index (χ1n) is 8.11. The van der Waals surface area contributed by atoms with Crippen LogP contribution in [0.3, 0.4) is 0 Å². The molecule has 0 aromatic heterocycles. The molecule has 0 saturated heterocycles. The second kappa shape index (κ2) is 9.82. The topological polar surface area (TPSA) is 78.7 Å². The van der Waals surface area contributed by atoms with E-state index in [1.54, 1.807) is 6.92 Å². The number of esters is 1. The first kappa shape index (κ1) is 18.9. The Morgan fingerprint density at radius 1 is 1.26 bits per heavy atom. The SMILES string of the molecule is CCCCCCC(C)Oc1ccc(C(=O)OCC)cc1[N+](=O)[O-]. The fraction of sp³-hybridized carbons (Fsp3) is 0.588. The third kappa shape index (κ3) is 6.26. The molecule has 0 radical (unpaired) electrons. The van der Waals surface area contributed by atoms with Crippen LogP contribution in [0.1, 0.15) is 63.2 Å². The quantitative estimate of drug-likeness (QED) is 0.274. The predicted octanol–water partition coefficient (Wildman–Crippen LogP) is 4.51. The summed E-state index contributed by atoms with van der Waals surface area (Å²) in [6.07, 6.45) is 5.24. The molecule has 1 atom stereocenters. The van der Waals surface area contributed by atoms with Gasteiger partial charge in [-0.15, -0.1) is 0 Å². The molecule has 1 unspecified atom stereocenters. The van der Waals surface area contributed by atoms with Crippen molar-refractivity contribution in [2.75, 3.05) is 6.61 Å². The maximum atomic E-state index is 11.7. The maximum absolute atomic E-state index is 11.7. The monoisotopic (exact) mass is 323 g/mol. The van der Waals surface area contributed by atoms with Crippen LogP contribution >= 0.6 is 0 Å². The standard InChI is InChI=1S/C17H25NO5/c1-4-6-7-8-9-13(3)23-16-11-10-14(17(19)22-5-2)12-15(16)18(20)21/h10-13H,4-9H2,1-3H3. The van der Waals surface area contributed by atoms with Crippen LogP contribution in [0.4, 0.5) is 5.69 Å². The molecule has 0 aliphatic carbocycles. The molecule has 1 aromatic rings. The molecule has 23 heavy (non-hydrogen) atoms. The normalized spacial score (nSPS) is 11.8. The first-order valence-corrected chi connectivity index (χ1v) is 8.11. The Labute approximate surface area is 136 Å². The van der Waals surface area contributed by atoms with E-state index in [9.17, 15) is 14.9 Å². The molecule has 6 nitrogen and oxygen atoms in total. The fourth-order valence-corrected chi connectivity index (χ4v) is 2.24. The van der Waals surface area contributed by atoms with Gasteiger partial charge in [-0.1, -0.05) is 26.2 Å². The number of benzene rings is 1. The summed E-state index contributed by atoms with van der Waals surface area (Å²) >= 11 is 0. The van der Waals surface area contributed by atoms with Crippen LogP contribution in [0, 0.1) is 10.1 Å². The van der Waals surface area contributed by atoms with E-state index in [2.05, 4.69) is 6.92 Å². The Morgan fingerprint density at radius 2 is 2.00 bits per heavy atom. The zero-order valence-corrected chi connectivity index (χ0v) is 14.0. The van der Waals surface area contributed by atoms with Gasteiger partial charge in [0, 0.05) is 6.07 Å². The van der Waals surface area contributed by atoms with E-state index in [-0.39, 0.29) is 29.7 Å². The Morgan fingerprint density at radius 3 is 2.61 bits per heavy atom. The zero-order valence-electron chi connectivity index (χ0n) is 14.0. The lowest BCUT2D eigenvalue weighted by Crippen LogP contribution is -2.13. The highest BCUT2D eigenvalue weighted by molar-refractivity contribution is 5.90. The molecule has 0 saturated carbocycles. The van der Waals surface area contributed by atoms with Crippen molar-refractivity contribution in [1.29, 1.82) is 0 Å². The Hall–Kier alpha value is -2.11. The van der Waals surface area contributed by atoms with Crippen LogP contribution in [0.5, 0.6) is 5.75 Å². The van der Waals surface area contributed by atoms with Crippen molar-refractivity contribution in [2.45, 2.75) is 59.0 Å². The summed E-state index contributed by atoms with van der Waals surface area (Å²) < 4.78 is 10.5. The molecule has 0 fully saturated rings. The lowest BCUT2D eigenvalue weighted by atomic mass is 10.1. The number of rotatable bonds is 10. The van der Waals surface area contributed by atoms with Crippen LogP contribution in [0.2, 0.25) is 0 Å². The van der Waals surface area contributed by atoms with Crippen molar-refractivity contribution in [2.24, 2.45) is 0 Å². The van der Waals surface area contributed by atoms with Gasteiger partial charge < -0.3 is 9.47 Å². The van der Waals surface area contributed by atoms with Gasteiger partial charge in [-0.3, -0.25) is 10.1 Å². The van der Waals surface area contributed by atoms with E-state index in [0.717, 1.165) is 25.7 Å². The van der Waals surface area contributed by atoms with Gasteiger partial charge in [0.05, 0.1) is 23.2 Å². The summed E-state index contributed by atoms with van der Waals surface area (Å²) in [5, 5.41) is 11.2. The summed E-state index contributed by atoms with van der Waals surface area (Å²) in [4.78, 5) is 22.3. The molecule has 1 aromatic carbocycles. The lowest BCUT2D eigenvalue weighted by molar-refractivity contribution is -0.386. The number of unbranched alkanes of at least 4 members (excludes halogenated alkanes) is 3. The van der Waals surface area contributed by atoms with E-state index >= 15 is 0 Å².